The summed E-state index contributed by atoms with van der Waals surface area (Å²) in [6.45, 7) is 0. The first-order valence-electron chi connectivity index (χ1n) is 10.3. The number of aromatic hydroxyl groups is 1. The number of fused-ring (bicyclic) bond motifs is 2. The van der Waals surface area contributed by atoms with Crippen molar-refractivity contribution >= 4 is 5.82 Å². The van der Waals surface area contributed by atoms with E-state index in [0.29, 0.717) is 29.9 Å². The van der Waals surface area contributed by atoms with Crippen LogP contribution in [-0.2, 0) is 7.05 Å². The van der Waals surface area contributed by atoms with Crippen LogP contribution >= 0.6 is 0 Å². The predicted molar refractivity (Wildman–Crippen MR) is 113 cm³/mol. The minimum Gasteiger partial charge on any atom is -0.507 e. The Bertz CT molecular complexity index is 1100. The van der Waals surface area contributed by atoms with E-state index in [1.807, 2.05) is 37.3 Å². The van der Waals surface area contributed by atoms with E-state index in [9.17, 15) is 13.9 Å². The molecule has 5 rings (SSSR count). The molecule has 2 bridgehead atoms. The van der Waals surface area contributed by atoms with Gasteiger partial charge >= 0.3 is 0 Å². The zero-order valence-electron chi connectivity index (χ0n) is 17.3. The number of hydrogen-bond acceptors (Lipinski definition) is 6. The van der Waals surface area contributed by atoms with Gasteiger partial charge in [0.2, 0.25) is 0 Å². The van der Waals surface area contributed by atoms with Crippen molar-refractivity contribution in [1.82, 2.24) is 25.3 Å². The van der Waals surface area contributed by atoms with Crippen molar-refractivity contribution in [3.63, 3.8) is 0 Å². The fourth-order valence-corrected chi connectivity index (χ4v) is 4.68. The molecule has 2 aliphatic heterocycles. The smallest absolute Gasteiger partial charge is 0.264 e. The van der Waals surface area contributed by atoms with Gasteiger partial charge in [-0.1, -0.05) is 6.07 Å². The van der Waals surface area contributed by atoms with E-state index in [2.05, 4.69) is 20.6 Å². The summed E-state index contributed by atoms with van der Waals surface area (Å²) in [5.74, 6) is -1.91. The van der Waals surface area contributed by atoms with Crippen LogP contribution in [0.3, 0.4) is 0 Å². The highest BCUT2D eigenvalue weighted by Gasteiger charge is 2.53. The second kappa shape index (κ2) is 7.26. The van der Waals surface area contributed by atoms with Crippen LogP contribution in [0, 0.1) is 0 Å². The largest absolute Gasteiger partial charge is 0.507 e. The Morgan fingerprint density at radius 2 is 2.00 bits per heavy atom. The average molecular weight is 426 g/mol. The van der Waals surface area contributed by atoms with Crippen molar-refractivity contribution in [2.24, 2.45) is 7.05 Å². The standard InChI is InChI=1S/C22H24F2N6O/c1-29-12-14(11-25-29)13-3-4-17(19(31)7-13)18-5-6-21(28-27-18)30(2)16-8-15-10-22(23,24)20(9-16)26-15/h3-7,11-12,15-16,20,26,31H,8-10H2,1-2H3/t15?,16-,20?/m1/s1. The monoisotopic (exact) mass is 426 g/mol. The molecule has 0 aliphatic carbocycles. The number of aromatic nitrogens is 4. The lowest BCUT2D eigenvalue weighted by atomic mass is 9.98. The van der Waals surface area contributed by atoms with Crippen molar-refractivity contribution < 1.29 is 13.9 Å². The fraction of sp³-hybridized carbons (Fsp3) is 0.409. The Labute approximate surface area is 178 Å². The van der Waals surface area contributed by atoms with Crippen molar-refractivity contribution in [3.8, 4) is 28.1 Å². The van der Waals surface area contributed by atoms with Gasteiger partial charge in [-0.2, -0.15) is 5.10 Å². The molecule has 2 unspecified atom stereocenters. The molecule has 0 spiro atoms. The summed E-state index contributed by atoms with van der Waals surface area (Å²) in [7, 11) is 3.71. The zero-order chi connectivity index (χ0) is 21.8. The molecule has 4 heterocycles. The zero-order valence-corrected chi connectivity index (χ0v) is 17.3. The van der Waals surface area contributed by atoms with E-state index in [1.165, 1.54) is 0 Å². The lowest BCUT2D eigenvalue weighted by Crippen LogP contribution is -2.49. The first kappa shape index (κ1) is 19.9. The van der Waals surface area contributed by atoms with E-state index >= 15 is 0 Å². The number of phenols is 1. The first-order chi connectivity index (χ1) is 14.8. The summed E-state index contributed by atoms with van der Waals surface area (Å²) >= 11 is 0. The van der Waals surface area contributed by atoms with Gasteiger partial charge in [0, 0.05) is 49.9 Å². The van der Waals surface area contributed by atoms with Gasteiger partial charge in [-0.25, -0.2) is 8.78 Å². The fourth-order valence-electron chi connectivity index (χ4n) is 4.68. The molecule has 162 valence electrons. The summed E-state index contributed by atoms with van der Waals surface area (Å²) in [4.78, 5) is 1.93. The molecular weight excluding hydrogens is 402 g/mol. The lowest BCUT2D eigenvalue weighted by molar-refractivity contribution is -0.0128. The lowest BCUT2D eigenvalue weighted by Gasteiger charge is -2.36. The van der Waals surface area contributed by atoms with E-state index in [1.54, 1.807) is 29.1 Å². The number of hydrogen-bond donors (Lipinski definition) is 2. The van der Waals surface area contributed by atoms with E-state index in [-0.39, 0.29) is 24.3 Å². The van der Waals surface area contributed by atoms with Gasteiger partial charge in [0.05, 0.1) is 17.9 Å². The first-order valence-corrected chi connectivity index (χ1v) is 10.3. The van der Waals surface area contributed by atoms with Crippen molar-refractivity contribution in [2.75, 3.05) is 11.9 Å². The Morgan fingerprint density at radius 3 is 2.65 bits per heavy atom. The number of piperidine rings is 1. The van der Waals surface area contributed by atoms with Crippen LogP contribution in [0.5, 0.6) is 5.75 Å². The second-order valence-electron chi connectivity index (χ2n) is 8.53. The summed E-state index contributed by atoms with van der Waals surface area (Å²) in [6.07, 6.45) is 4.55. The Morgan fingerprint density at radius 1 is 1.16 bits per heavy atom. The Kier molecular flexibility index (Phi) is 4.65. The number of alkyl halides is 2. The maximum absolute atomic E-state index is 14.0. The molecule has 0 radical (unpaired) electrons. The average Bonchev–Trinajstić information content (AvgIpc) is 3.27. The number of halogens is 2. The molecule has 2 saturated heterocycles. The third kappa shape index (κ3) is 3.63. The van der Waals surface area contributed by atoms with Crippen LogP contribution < -0.4 is 10.2 Å². The predicted octanol–water partition coefficient (Wildman–Crippen LogP) is 3.21. The van der Waals surface area contributed by atoms with Gasteiger partial charge in [-0.05, 0) is 42.7 Å². The second-order valence-corrected chi connectivity index (χ2v) is 8.53. The van der Waals surface area contributed by atoms with Crippen molar-refractivity contribution in [2.45, 2.75) is 43.3 Å². The number of aryl methyl sites for hydroxylation is 1. The summed E-state index contributed by atoms with van der Waals surface area (Å²) < 4.78 is 29.7. The van der Waals surface area contributed by atoms with Crippen molar-refractivity contribution in [1.29, 1.82) is 0 Å². The SMILES string of the molecule is CN(c1ccc(-c2ccc(-c3cnn(C)c3)cc2O)nn1)[C@@H]1CC2CC(F)(F)C(C1)N2. The van der Waals surface area contributed by atoms with Crippen LogP contribution in [0.1, 0.15) is 19.3 Å². The number of nitrogens with zero attached hydrogens (tertiary/aromatic N) is 5. The van der Waals surface area contributed by atoms with Gasteiger partial charge < -0.3 is 15.3 Å². The third-order valence-corrected chi connectivity index (χ3v) is 6.40. The molecule has 2 N–H and O–H groups in total. The molecule has 2 fully saturated rings. The van der Waals surface area contributed by atoms with Crippen LogP contribution in [0.15, 0.2) is 42.7 Å². The topological polar surface area (TPSA) is 79.1 Å². The third-order valence-electron chi connectivity index (χ3n) is 6.40. The number of anilines is 1. The van der Waals surface area contributed by atoms with Gasteiger partial charge in [0.25, 0.3) is 5.92 Å². The minimum absolute atomic E-state index is 0.0167. The molecular formula is C22H24F2N6O. The Hall–Kier alpha value is -3.07. The van der Waals surface area contributed by atoms with E-state index in [0.717, 1.165) is 11.1 Å². The van der Waals surface area contributed by atoms with Gasteiger partial charge in [0.15, 0.2) is 5.82 Å². The molecule has 9 heteroatoms. The number of phenolic OH excluding ortho intramolecular Hbond substituents is 1. The van der Waals surface area contributed by atoms with Gasteiger partial charge in [-0.3, -0.25) is 4.68 Å². The quantitative estimate of drug-likeness (QED) is 0.667. The molecule has 2 aromatic heterocycles. The molecule has 7 nitrogen and oxygen atoms in total. The maximum Gasteiger partial charge on any atom is 0.264 e. The van der Waals surface area contributed by atoms with Crippen LogP contribution in [0.4, 0.5) is 14.6 Å². The molecule has 0 amide bonds. The van der Waals surface area contributed by atoms with Crippen LogP contribution in [-0.4, -0.2) is 56.2 Å². The van der Waals surface area contributed by atoms with Crippen LogP contribution in [0.25, 0.3) is 22.4 Å². The summed E-state index contributed by atoms with van der Waals surface area (Å²) in [5.41, 5.74) is 2.89. The number of nitrogens with one attached hydrogen (secondary N) is 1. The Balaban J connectivity index is 1.33. The molecule has 1 aromatic carbocycles. The summed E-state index contributed by atoms with van der Waals surface area (Å²) in [6, 6.07) is 8.04. The molecule has 31 heavy (non-hydrogen) atoms. The van der Waals surface area contributed by atoms with Gasteiger partial charge in [0.1, 0.15) is 5.75 Å². The number of rotatable bonds is 4. The van der Waals surface area contributed by atoms with Gasteiger partial charge in [-0.15, -0.1) is 10.2 Å². The highest BCUT2D eigenvalue weighted by molar-refractivity contribution is 5.73. The number of benzene rings is 1. The maximum atomic E-state index is 14.0. The molecule has 3 aromatic rings. The van der Waals surface area contributed by atoms with Crippen molar-refractivity contribution in [3.05, 3.63) is 42.7 Å². The highest BCUT2D eigenvalue weighted by Crippen LogP contribution is 2.41. The van der Waals surface area contributed by atoms with Crippen LogP contribution in [0.2, 0.25) is 0 Å². The highest BCUT2D eigenvalue weighted by atomic mass is 19.3. The van der Waals surface area contributed by atoms with E-state index in [4.69, 9.17) is 0 Å². The molecule has 2 aliphatic rings. The molecule has 3 atom stereocenters. The normalized spacial score (nSPS) is 24.3. The van der Waals surface area contributed by atoms with E-state index < -0.39 is 12.0 Å². The minimum atomic E-state index is -2.64. The molecule has 0 saturated carbocycles. The summed E-state index contributed by atoms with van der Waals surface area (Å²) in [5, 5.41) is 26.3.